The average molecular weight is 701 g/mol. The lowest BCUT2D eigenvalue weighted by Gasteiger charge is -2.15. The summed E-state index contributed by atoms with van der Waals surface area (Å²) >= 11 is 0. The van der Waals surface area contributed by atoms with Crippen LogP contribution in [-0.4, -0.2) is 9.97 Å². The number of hydrogen-bond acceptors (Lipinski definition) is 3. The molecule has 2 heterocycles. The Labute approximate surface area is 317 Å². The number of hydrogen-bond donors (Lipinski definition) is 0. The maximum atomic E-state index is 6.19. The van der Waals surface area contributed by atoms with E-state index in [0.717, 1.165) is 66.7 Å². The Morgan fingerprint density at radius 1 is 0.291 bits per heavy atom. The quantitative estimate of drug-likeness (QED) is 0.133. The first kappa shape index (κ1) is 31.2. The lowest BCUT2D eigenvalue weighted by Crippen LogP contribution is -1.96. The second-order valence-electron chi connectivity index (χ2n) is 14.1. The van der Waals surface area contributed by atoms with E-state index >= 15 is 0 Å². The molecular weight excluding hydrogens is 669 g/mol. The first-order chi connectivity index (χ1) is 27.2. The van der Waals surface area contributed by atoms with Crippen LogP contribution < -0.4 is 0 Å². The predicted molar refractivity (Wildman–Crippen MR) is 229 cm³/mol. The smallest absolute Gasteiger partial charge is 0.160 e. The number of rotatable bonds is 5. The Balaban J connectivity index is 0.994. The van der Waals surface area contributed by atoms with Crippen molar-refractivity contribution in [3.8, 4) is 56.2 Å². The van der Waals surface area contributed by atoms with E-state index in [1.54, 1.807) is 0 Å². The van der Waals surface area contributed by atoms with Gasteiger partial charge in [0.1, 0.15) is 11.2 Å². The largest absolute Gasteiger partial charge is 0.456 e. The number of fused-ring (bicyclic) bond motifs is 7. The molecule has 0 atom stereocenters. The van der Waals surface area contributed by atoms with Crippen LogP contribution in [0.15, 0.2) is 199 Å². The first-order valence-corrected chi connectivity index (χ1v) is 18.6. The third-order valence-corrected chi connectivity index (χ3v) is 10.9. The molecule has 0 radical (unpaired) electrons. The normalized spacial score (nSPS) is 11.6. The average Bonchev–Trinajstić information content (AvgIpc) is 3.64. The third kappa shape index (κ3) is 5.36. The summed E-state index contributed by atoms with van der Waals surface area (Å²) in [5, 5.41) is 9.76. The summed E-state index contributed by atoms with van der Waals surface area (Å²) < 4.78 is 6.19. The van der Waals surface area contributed by atoms with E-state index < -0.39 is 0 Å². The van der Waals surface area contributed by atoms with Crippen LogP contribution >= 0.6 is 0 Å². The molecule has 0 saturated heterocycles. The van der Waals surface area contributed by atoms with Gasteiger partial charge in [0.2, 0.25) is 0 Å². The number of benzene rings is 9. The van der Waals surface area contributed by atoms with Crippen molar-refractivity contribution in [3.05, 3.63) is 194 Å². The number of para-hydroxylation sites is 1. The van der Waals surface area contributed by atoms with Gasteiger partial charge in [0.25, 0.3) is 0 Å². The maximum absolute atomic E-state index is 6.19. The number of aromatic nitrogens is 2. The highest BCUT2D eigenvalue weighted by Gasteiger charge is 2.15. The molecule has 0 spiro atoms. The number of nitrogens with zero attached hydrogens (tertiary/aromatic N) is 2. The zero-order valence-corrected chi connectivity index (χ0v) is 29.8. The maximum Gasteiger partial charge on any atom is 0.160 e. The summed E-state index contributed by atoms with van der Waals surface area (Å²) in [4.78, 5) is 10.3. The van der Waals surface area contributed by atoms with Gasteiger partial charge in [-0.15, -0.1) is 0 Å². The first-order valence-electron chi connectivity index (χ1n) is 18.6. The summed E-state index contributed by atoms with van der Waals surface area (Å²) in [6.07, 6.45) is 0. The van der Waals surface area contributed by atoms with Crippen molar-refractivity contribution in [1.82, 2.24) is 9.97 Å². The van der Waals surface area contributed by atoms with Gasteiger partial charge >= 0.3 is 0 Å². The molecule has 9 aromatic carbocycles. The van der Waals surface area contributed by atoms with Crippen LogP contribution in [0.1, 0.15) is 0 Å². The molecule has 0 amide bonds. The molecule has 0 aliphatic carbocycles. The minimum Gasteiger partial charge on any atom is -0.456 e. The van der Waals surface area contributed by atoms with E-state index in [1.165, 1.54) is 37.9 Å². The summed E-state index contributed by atoms with van der Waals surface area (Å²) in [5.74, 6) is 0.691. The van der Waals surface area contributed by atoms with Crippen molar-refractivity contribution in [1.29, 1.82) is 0 Å². The summed E-state index contributed by atoms with van der Waals surface area (Å²) in [6, 6.07) is 68.7. The third-order valence-electron chi connectivity index (χ3n) is 10.9. The Hall–Kier alpha value is -7.36. The summed E-state index contributed by atoms with van der Waals surface area (Å²) in [7, 11) is 0. The zero-order valence-electron chi connectivity index (χ0n) is 29.8. The highest BCUT2D eigenvalue weighted by atomic mass is 16.3. The lowest BCUT2D eigenvalue weighted by molar-refractivity contribution is 0.669. The van der Waals surface area contributed by atoms with Gasteiger partial charge in [-0.25, -0.2) is 9.97 Å². The predicted octanol–water partition coefficient (Wildman–Crippen LogP) is 14.2. The molecule has 0 unspecified atom stereocenters. The topological polar surface area (TPSA) is 38.9 Å². The van der Waals surface area contributed by atoms with Gasteiger partial charge in [-0.2, -0.15) is 0 Å². The highest BCUT2D eigenvalue weighted by Crippen LogP contribution is 2.40. The van der Waals surface area contributed by atoms with E-state index in [9.17, 15) is 0 Å². The minimum absolute atomic E-state index is 0.691. The fraction of sp³-hybridized carbons (Fsp3) is 0. The van der Waals surface area contributed by atoms with Gasteiger partial charge in [0.15, 0.2) is 5.82 Å². The number of furan rings is 1. The van der Waals surface area contributed by atoms with Crippen LogP contribution in [0.25, 0.3) is 110 Å². The van der Waals surface area contributed by atoms with Crippen LogP contribution in [0, 0.1) is 0 Å². The molecule has 0 fully saturated rings. The molecule has 3 nitrogen and oxygen atoms in total. The molecule has 0 saturated carbocycles. The van der Waals surface area contributed by atoms with Crippen molar-refractivity contribution in [3.63, 3.8) is 0 Å². The van der Waals surface area contributed by atoms with Crippen LogP contribution in [0.3, 0.4) is 0 Å². The molecule has 0 N–H and O–H groups in total. The van der Waals surface area contributed by atoms with Crippen LogP contribution in [-0.2, 0) is 0 Å². The van der Waals surface area contributed by atoms with Crippen LogP contribution in [0.4, 0.5) is 0 Å². The molecule has 11 rings (SSSR count). The van der Waals surface area contributed by atoms with E-state index in [2.05, 4.69) is 176 Å². The SMILES string of the molecule is c1ccc(-c2cc(-c3ccc(-c4ccc5c(c4)oc4ccccc45)cc3)nc(-c3ccc(-c4c5ccccc5cc5c4ccc4ccccc45)cc3)n2)cc1. The second kappa shape index (κ2) is 12.6. The molecule has 2 aromatic heterocycles. The Kier molecular flexibility index (Phi) is 7.17. The molecule has 0 aliphatic rings. The van der Waals surface area contributed by atoms with Crippen LogP contribution in [0.2, 0.25) is 0 Å². The van der Waals surface area contributed by atoms with Crippen LogP contribution in [0.5, 0.6) is 0 Å². The van der Waals surface area contributed by atoms with Gasteiger partial charge in [0, 0.05) is 27.5 Å². The van der Waals surface area contributed by atoms with Gasteiger partial charge in [-0.3, -0.25) is 0 Å². The lowest BCUT2D eigenvalue weighted by atomic mass is 9.89. The summed E-state index contributed by atoms with van der Waals surface area (Å²) in [5.41, 5.74) is 11.2. The highest BCUT2D eigenvalue weighted by molar-refractivity contribution is 6.20. The second-order valence-corrected chi connectivity index (χ2v) is 14.1. The molecule has 0 aliphatic heterocycles. The van der Waals surface area contributed by atoms with Crippen molar-refractivity contribution < 1.29 is 4.42 Å². The van der Waals surface area contributed by atoms with Gasteiger partial charge in [0.05, 0.1) is 11.4 Å². The Morgan fingerprint density at radius 2 is 0.855 bits per heavy atom. The van der Waals surface area contributed by atoms with Crippen molar-refractivity contribution in [2.24, 2.45) is 0 Å². The van der Waals surface area contributed by atoms with Crippen molar-refractivity contribution >= 4 is 54.3 Å². The standard InChI is InChI=1S/C52H32N2O/c1-2-11-35(12-3-1)47-32-48(36-20-18-33(19-21-36)39-27-28-44-43-16-8-9-17-49(43)55-50(44)31-39)54-52(53-47)38-24-22-37(23-25-38)51-42-15-7-5-13-40(42)30-46-41-14-6-4-10-34(41)26-29-45(46)51/h1-32H. The molecule has 11 aromatic rings. The Morgan fingerprint density at radius 3 is 1.65 bits per heavy atom. The van der Waals surface area contributed by atoms with E-state index in [-0.39, 0.29) is 0 Å². The monoisotopic (exact) mass is 700 g/mol. The van der Waals surface area contributed by atoms with Crippen molar-refractivity contribution in [2.45, 2.75) is 0 Å². The van der Waals surface area contributed by atoms with E-state index in [4.69, 9.17) is 14.4 Å². The fourth-order valence-corrected chi connectivity index (χ4v) is 8.14. The fourth-order valence-electron chi connectivity index (χ4n) is 8.14. The van der Waals surface area contributed by atoms with E-state index in [0.29, 0.717) is 5.82 Å². The zero-order chi connectivity index (χ0) is 36.3. The molecule has 0 bridgehead atoms. The van der Waals surface area contributed by atoms with E-state index in [1.807, 2.05) is 18.2 Å². The minimum atomic E-state index is 0.691. The summed E-state index contributed by atoms with van der Waals surface area (Å²) in [6.45, 7) is 0. The molecule has 3 heteroatoms. The molecule has 256 valence electrons. The van der Waals surface area contributed by atoms with Gasteiger partial charge in [-0.05, 0) is 84.9 Å². The van der Waals surface area contributed by atoms with Gasteiger partial charge < -0.3 is 4.42 Å². The molecule has 55 heavy (non-hydrogen) atoms. The molecular formula is C52H32N2O. The van der Waals surface area contributed by atoms with Gasteiger partial charge in [-0.1, -0.05) is 164 Å². The Bertz CT molecular complexity index is 3230. The van der Waals surface area contributed by atoms with Crippen molar-refractivity contribution in [2.75, 3.05) is 0 Å².